The molecule has 7 heteroatoms. The van der Waals surface area contributed by atoms with E-state index >= 15 is 0 Å². The largest absolute Gasteiger partial charge is 0.369 e. The Hall–Kier alpha value is -2.05. The molecule has 0 atom stereocenters. The van der Waals surface area contributed by atoms with Gasteiger partial charge in [0.25, 0.3) is 0 Å². The molecule has 0 spiro atoms. The molecule has 0 fully saturated rings. The molecule has 1 rings (SSSR count). The molecule has 0 aromatic rings. The molecule has 88 valence electrons. The van der Waals surface area contributed by atoms with Crippen LogP contribution in [0.3, 0.4) is 0 Å². The summed E-state index contributed by atoms with van der Waals surface area (Å²) in [6.45, 7) is -0.101. The van der Waals surface area contributed by atoms with Crippen molar-refractivity contribution in [1.82, 2.24) is 4.90 Å². The van der Waals surface area contributed by atoms with Crippen LogP contribution in [0.2, 0.25) is 0 Å². The first-order valence-electron chi connectivity index (χ1n) is 4.67. The first-order valence-corrected chi connectivity index (χ1v) is 4.67. The standard InChI is InChI=1S/C9H14N4O3/c10-6(14)4-13-3-1-2-9(5-13,7(11)15)8(12)16/h1,3H,2,4-5H2,(H2,10,14)(H2,11,15)(H2,12,16). The Morgan fingerprint density at radius 3 is 2.19 bits per heavy atom. The molecule has 0 bridgehead atoms. The van der Waals surface area contributed by atoms with E-state index in [0.29, 0.717) is 0 Å². The van der Waals surface area contributed by atoms with Gasteiger partial charge in [0.05, 0.1) is 6.54 Å². The van der Waals surface area contributed by atoms with E-state index in [0.717, 1.165) is 0 Å². The molecule has 3 amide bonds. The number of hydrogen-bond donors (Lipinski definition) is 3. The third-order valence-electron chi connectivity index (χ3n) is 2.56. The SMILES string of the molecule is NC(=O)CN1C=CCC(C(N)=O)(C(N)=O)C1. The lowest BCUT2D eigenvalue weighted by atomic mass is 9.80. The number of amides is 3. The number of carbonyl (C=O) groups is 3. The first-order chi connectivity index (χ1) is 7.38. The molecule has 1 heterocycles. The Kier molecular flexibility index (Phi) is 3.17. The topological polar surface area (TPSA) is 133 Å². The summed E-state index contributed by atoms with van der Waals surface area (Å²) >= 11 is 0. The Bertz CT molecular complexity index is 350. The van der Waals surface area contributed by atoms with Crippen LogP contribution in [0.5, 0.6) is 0 Å². The van der Waals surface area contributed by atoms with Crippen LogP contribution in [0.15, 0.2) is 12.3 Å². The summed E-state index contributed by atoms with van der Waals surface area (Å²) < 4.78 is 0. The number of nitrogens with zero attached hydrogens (tertiary/aromatic N) is 1. The van der Waals surface area contributed by atoms with Gasteiger partial charge in [0.15, 0.2) is 0 Å². The summed E-state index contributed by atoms with van der Waals surface area (Å²) in [5.74, 6) is -2.15. The van der Waals surface area contributed by atoms with Crippen molar-refractivity contribution in [3.8, 4) is 0 Å². The van der Waals surface area contributed by atoms with E-state index in [1.165, 1.54) is 4.90 Å². The van der Waals surface area contributed by atoms with Gasteiger partial charge in [-0.2, -0.15) is 0 Å². The second kappa shape index (κ2) is 4.21. The molecule has 0 aromatic heterocycles. The summed E-state index contributed by atoms with van der Waals surface area (Å²) in [5.41, 5.74) is 13.9. The number of nitrogens with two attached hydrogens (primary N) is 3. The molecule has 1 aliphatic heterocycles. The third-order valence-corrected chi connectivity index (χ3v) is 2.56. The van der Waals surface area contributed by atoms with Crippen molar-refractivity contribution in [2.24, 2.45) is 22.6 Å². The Balaban J connectivity index is 2.92. The minimum absolute atomic E-state index is 0.0168. The molecule has 0 saturated heterocycles. The van der Waals surface area contributed by atoms with E-state index in [-0.39, 0.29) is 19.5 Å². The molecule has 0 aliphatic carbocycles. The summed E-state index contributed by atoms with van der Waals surface area (Å²) in [4.78, 5) is 34.8. The van der Waals surface area contributed by atoms with E-state index in [4.69, 9.17) is 17.2 Å². The van der Waals surface area contributed by atoms with Crippen LogP contribution in [0.4, 0.5) is 0 Å². The normalized spacial score (nSPS) is 18.1. The van der Waals surface area contributed by atoms with Crippen LogP contribution in [0, 0.1) is 5.41 Å². The number of rotatable bonds is 4. The molecular formula is C9H14N4O3. The van der Waals surface area contributed by atoms with Crippen molar-refractivity contribution >= 4 is 17.7 Å². The maximum Gasteiger partial charge on any atom is 0.236 e. The Morgan fingerprint density at radius 2 is 1.75 bits per heavy atom. The molecule has 1 aliphatic rings. The van der Waals surface area contributed by atoms with Crippen LogP contribution < -0.4 is 17.2 Å². The van der Waals surface area contributed by atoms with Crippen molar-refractivity contribution in [2.45, 2.75) is 6.42 Å². The van der Waals surface area contributed by atoms with Gasteiger partial charge >= 0.3 is 0 Å². The lowest BCUT2D eigenvalue weighted by Crippen LogP contribution is -2.55. The lowest BCUT2D eigenvalue weighted by molar-refractivity contribution is -0.141. The van der Waals surface area contributed by atoms with Crippen molar-refractivity contribution in [1.29, 1.82) is 0 Å². The van der Waals surface area contributed by atoms with Crippen LogP contribution in [-0.4, -0.2) is 35.7 Å². The predicted molar refractivity (Wildman–Crippen MR) is 55.3 cm³/mol. The van der Waals surface area contributed by atoms with E-state index in [1.54, 1.807) is 12.3 Å². The van der Waals surface area contributed by atoms with Crippen LogP contribution in [0.25, 0.3) is 0 Å². The van der Waals surface area contributed by atoms with Crippen LogP contribution >= 0.6 is 0 Å². The molecule has 0 unspecified atom stereocenters. The van der Waals surface area contributed by atoms with Gasteiger partial charge in [-0.25, -0.2) is 0 Å². The van der Waals surface area contributed by atoms with Crippen molar-refractivity contribution in [3.05, 3.63) is 12.3 Å². The van der Waals surface area contributed by atoms with Crippen LogP contribution in [-0.2, 0) is 14.4 Å². The van der Waals surface area contributed by atoms with Crippen molar-refractivity contribution < 1.29 is 14.4 Å². The molecule has 6 N–H and O–H groups in total. The minimum Gasteiger partial charge on any atom is -0.369 e. The second-order valence-corrected chi connectivity index (χ2v) is 3.77. The summed E-state index contributed by atoms with van der Waals surface area (Å²) in [6.07, 6.45) is 3.31. The summed E-state index contributed by atoms with van der Waals surface area (Å²) in [6, 6.07) is 0. The summed E-state index contributed by atoms with van der Waals surface area (Å²) in [7, 11) is 0. The molecule has 0 aromatic carbocycles. The fourth-order valence-electron chi connectivity index (χ4n) is 1.65. The fourth-order valence-corrected chi connectivity index (χ4v) is 1.65. The van der Waals surface area contributed by atoms with Crippen molar-refractivity contribution in [2.75, 3.05) is 13.1 Å². The Morgan fingerprint density at radius 1 is 1.19 bits per heavy atom. The van der Waals surface area contributed by atoms with E-state index in [1.807, 2.05) is 0 Å². The first kappa shape index (κ1) is 12.0. The number of carbonyl (C=O) groups excluding carboxylic acids is 3. The van der Waals surface area contributed by atoms with Gasteiger partial charge in [-0.15, -0.1) is 0 Å². The smallest absolute Gasteiger partial charge is 0.236 e. The van der Waals surface area contributed by atoms with E-state index in [2.05, 4.69) is 0 Å². The van der Waals surface area contributed by atoms with Gasteiger partial charge in [0, 0.05) is 6.54 Å². The summed E-state index contributed by atoms with van der Waals surface area (Å²) in [5, 5.41) is 0. The highest BCUT2D eigenvalue weighted by molar-refractivity contribution is 6.04. The van der Waals surface area contributed by atoms with Gasteiger partial charge in [0.1, 0.15) is 5.41 Å². The van der Waals surface area contributed by atoms with Gasteiger partial charge in [-0.05, 0) is 12.6 Å². The van der Waals surface area contributed by atoms with Gasteiger partial charge in [-0.1, -0.05) is 6.08 Å². The van der Waals surface area contributed by atoms with E-state index in [9.17, 15) is 14.4 Å². The predicted octanol–water partition coefficient (Wildman–Crippen LogP) is -2.35. The minimum atomic E-state index is -1.45. The lowest BCUT2D eigenvalue weighted by Gasteiger charge is -2.35. The maximum atomic E-state index is 11.3. The third kappa shape index (κ3) is 2.13. The molecular weight excluding hydrogens is 212 g/mol. The highest BCUT2D eigenvalue weighted by Crippen LogP contribution is 2.27. The molecule has 0 radical (unpaired) electrons. The second-order valence-electron chi connectivity index (χ2n) is 3.77. The molecule has 7 nitrogen and oxygen atoms in total. The van der Waals surface area contributed by atoms with E-state index < -0.39 is 23.1 Å². The average Bonchev–Trinajstić information content (AvgIpc) is 2.16. The number of allylic oxidation sites excluding steroid dienone is 1. The highest BCUT2D eigenvalue weighted by Gasteiger charge is 2.44. The zero-order valence-corrected chi connectivity index (χ0v) is 8.68. The van der Waals surface area contributed by atoms with Gasteiger partial charge < -0.3 is 22.1 Å². The fraction of sp³-hybridized carbons (Fsp3) is 0.444. The number of primary amides is 3. The average molecular weight is 226 g/mol. The zero-order chi connectivity index (χ0) is 12.3. The number of hydrogen-bond acceptors (Lipinski definition) is 4. The van der Waals surface area contributed by atoms with Crippen LogP contribution in [0.1, 0.15) is 6.42 Å². The van der Waals surface area contributed by atoms with Crippen molar-refractivity contribution in [3.63, 3.8) is 0 Å². The quantitative estimate of drug-likeness (QED) is 0.463. The monoisotopic (exact) mass is 226 g/mol. The maximum absolute atomic E-state index is 11.3. The molecule has 16 heavy (non-hydrogen) atoms. The van der Waals surface area contributed by atoms with Gasteiger partial charge in [0.2, 0.25) is 17.7 Å². The zero-order valence-electron chi connectivity index (χ0n) is 8.68. The Labute approximate surface area is 92.2 Å². The van der Waals surface area contributed by atoms with Gasteiger partial charge in [-0.3, -0.25) is 14.4 Å². The highest BCUT2D eigenvalue weighted by atomic mass is 16.2. The molecule has 0 saturated carbocycles.